The largest absolute Gasteiger partial charge is 0.482 e. The van der Waals surface area contributed by atoms with Crippen molar-refractivity contribution in [2.45, 2.75) is 19.4 Å². The monoisotopic (exact) mass is 449 g/mol. The molecule has 8 nitrogen and oxygen atoms in total. The Labute approximate surface area is 187 Å². The number of fused-ring (bicyclic) bond motifs is 7. The van der Waals surface area contributed by atoms with Crippen LogP contribution in [0.4, 0.5) is 10.2 Å². The summed E-state index contributed by atoms with van der Waals surface area (Å²) < 4.78 is 23.6. The van der Waals surface area contributed by atoms with E-state index in [-0.39, 0.29) is 16.7 Å². The summed E-state index contributed by atoms with van der Waals surface area (Å²) in [5.74, 6) is 0.101. The summed E-state index contributed by atoms with van der Waals surface area (Å²) in [6, 6.07) is 10.0. The molecule has 4 heterocycles. The zero-order chi connectivity index (χ0) is 22.6. The van der Waals surface area contributed by atoms with E-state index in [1.165, 1.54) is 12.1 Å². The number of benzene rings is 1. The summed E-state index contributed by atoms with van der Waals surface area (Å²) in [5.41, 5.74) is 10.3. The Morgan fingerprint density at radius 2 is 2.09 bits per heavy atom. The van der Waals surface area contributed by atoms with Crippen LogP contribution in [0.15, 0.2) is 36.5 Å². The van der Waals surface area contributed by atoms with Crippen LogP contribution in [0.25, 0.3) is 16.8 Å². The maximum atomic E-state index is 14.2. The predicted molar refractivity (Wildman–Crippen MR) is 116 cm³/mol. The van der Waals surface area contributed by atoms with E-state index in [4.69, 9.17) is 22.1 Å². The summed E-state index contributed by atoms with van der Waals surface area (Å²) in [6.45, 7) is 1.79. The van der Waals surface area contributed by atoms with Crippen molar-refractivity contribution >= 4 is 17.4 Å². The maximum Gasteiger partial charge on any atom is 0.170 e. The number of ether oxygens (including phenoxy) is 1. The summed E-state index contributed by atoms with van der Waals surface area (Å²) in [7, 11) is 1.77. The van der Waals surface area contributed by atoms with Crippen LogP contribution in [-0.4, -0.2) is 24.5 Å². The molecule has 160 valence electrons. The highest BCUT2D eigenvalue weighted by molar-refractivity contribution is 6.29. The minimum atomic E-state index is -0.584. The molecule has 2 bridgehead atoms. The van der Waals surface area contributed by atoms with Crippen LogP contribution in [-0.2, 0) is 13.5 Å². The Kier molecular flexibility index (Phi) is 4.60. The normalized spacial score (nSPS) is 14.8. The van der Waals surface area contributed by atoms with Crippen molar-refractivity contribution in [3.63, 3.8) is 0 Å². The van der Waals surface area contributed by atoms with Gasteiger partial charge >= 0.3 is 0 Å². The highest BCUT2D eigenvalue weighted by Gasteiger charge is 2.25. The second kappa shape index (κ2) is 7.35. The summed E-state index contributed by atoms with van der Waals surface area (Å²) in [6.07, 6.45) is 1.36. The van der Waals surface area contributed by atoms with Gasteiger partial charge in [0.25, 0.3) is 0 Å². The summed E-state index contributed by atoms with van der Waals surface area (Å²) >= 11 is 6.28. The van der Waals surface area contributed by atoms with Crippen molar-refractivity contribution in [3.05, 3.63) is 70.1 Å². The number of pyridine rings is 1. The zero-order valence-corrected chi connectivity index (χ0v) is 17.9. The average Bonchev–Trinajstić information content (AvgIpc) is 3.28. The number of halogens is 2. The molecule has 0 fully saturated rings. The van der Waals surface area contributed by atoms with Crippen LogP contribution in [0.3, 0.4) is 0 Å². The molecule has 0 spiro atoms. The molecule has 3 aromatic heterocycles. The van der Waals surface area contributed by atoms with E-state index in [0.717, 1.165) is 11.4 Å². The number of nitrogens with two attached hydrogens (primary N) is 1. The molecule has 1 aromatic carbocycles. The quantitative estimate of drug-likeness (QED) is 0.435. The lowest BCUT2D eigenvalue weighted by Crippen LogP contribution is -2.14. The van der Waals surface area contributed by atoms with E-state index in [1.54, 1.807) is 47.7 Å². The van der Waals surface area contributed by atoms with Crippen molar-refractivity contribution in [2.75, 3.05) is 5.73 Å². The molecule has 2 N–H and O–H groups in total. The first-order chi connectivity index (χ1) is 15.4. The fourth-order valence-electron chi connectivity index (χ4n) is 4.02. The lowest BCUT2D eigenvalue weighted by atomic mass is 10.0. The molecule has 1 aliphatic rings. The Hall–Kier alpha value is -3.90. The van der Waals surface area contributed by atoms with E-state index in [1.807, 2.05) is 0 Å². The Bertz CT molecular complexity index is 1420. The van der Waals surface area contributed by atoms with E-state index < -0.39 is 11.9 Å². The molecule has 0 saturated heterocycles. The highest BCUT2D eigenvalue weighted by atomic mass is 35.5. The number of hydrogen-bond acceptors (Lipinski definition) is 6. The van der Waals surface area contributed by atoms with Gasteiger partial charge in [-0.2, -0.15) is 15.5 Å². The van der Waals surface area contributed by atoms with Crippen LogP contribution >= 0.6 is 11.6 Å². The smallest absolute Gasteiger partial charge is 0.170 e. The predicted octanol–water partition coefficient (Wildman–Crippen LogP) is 3.96. The van der Waals surface area contributed by atoms with Crippen molar-refractivity contribution < 1.29 is 9.13 Å². The van der Waals surface area contributed by atoms with Crippen molar-refractivity contribution in [3.8, 4) is 28.6 Å². The van der Waals surface area contributed by atoms with E-state index in [0.29, 0.717) is 34.5 Å². The van der Waals surface area contributed by atoms with Gasteiger partial charge in [-0.05, 0) is 37.3 Å². The van der Waals surface area contributed by atoms with Crippen molar-refractivity contribution in [2.24, 2.45) is 7.05 Å². The molecular weight excluding hydrogens is 433 g/mol. The maximum absolute atomic E-state index is 14.2. The van der Waals surface area contributed by atoms with E-state index in [9.17, 15) is 9.65 Å². The SMILES string of the molecule is CC1Oc2cc(cnc2N)-c2c(C#N)nn(C)c2Cc2cc(Cl)nn2-c2ccc(F)cc21. The van der Waals surface area contributed by atoms with Gasteiger partial charge in [-0.15, -0.1) is 0 Å². The van der Waals surface area contributed by atoms with Gasteiger partial charge < -0.3 is 10.5 Å². The summed E-state index contributed by atoms with van der Waals surface area (Å²) in [5, 5.41) is 18.8. The molecule has 4 aromatic rings. The molecule has 0 amide bonds. The van der Waals surface area contributed by atoms with Crippen LogP contribution in [0.1, 0.15) is 35.7 Å². The van der Waals surface area contributed by atoms with Crippen LogP contribution < -0.4 is 10.5 Å². The minimum absolute atomic E-state index is 0.183. The number of aromatic nitrogens is 5. The van der Waals surface area contributed by atoms with Crippen LogP contribution in [0.2, 0.25) is 5.15 Å². The molecule has 1 unspecified atom stereocenters. The van der Waals surface area contributed by atoms with E-state index >= 15 is 0 Å². The van der Waals surface area contributed by atoms with Gasteiger partial charge in [0.2, 0.25) is 0 Å². The highest BCUT2D eigenvalue weighted by Crippen LogP contribution is 2.37. The Morgan fingerprint density at radius 3 is 2.88 bits per heavy atom. The molecule has 1 aliphatic heterocycles. The molecular formula is C22H17ClFN7O. The molecule has 0 saturated carbocycles. The molecule has 1 atom stereocenters. The number of hydrogen-bond donors (Lipinski definition) is 1. The van der Waals surface area contributed by atoms with Crippen molar-refractivity contribution in [1.29, 1.82) is 5.26 Å². The van der Waals surface area contributed by atoms with Gasteiger partial charge in [0.1, 0.15) is 18.0 Å². The second-order valence-electron chi connectivity index (χ2n) is 7.52. The fourth-order valence-corrected chi connectivity index (χ4v) is 4.22. The number of aryl methyl sites for hydroxylation is 1. The van der Waals surface area contributed by atoms with Gasteiger partial charge in [-0.1, -0.05) is 11.6 Å². The first kappa shape index (κ1) is 20.0. The van der Waals surface area contributed by atoms with Crippen LogP contribution in [0.5, 0.6) is 5.75 Å². The first-order valence-corrected chi connectivity index (χ1v) is 10.2. The third-order valence-electron chi connectivity index (χ3n) is 5.50. The standard InChI is InChI=1S/C22H17ClFN7O/c1-11-15-6-13(24)3-4-17(15)31-14(8-20(23)29-31)7-18-21(16(9-25)28-30(18)2)12-5-19(32-11)22(26)27-10-12/h3-6,8,10-11H,7H2,1-2H3,(H2,26,27). The number of nitrogens with zero attached hydrogens (tertiary/aromatic N) is 6. The Balaban J connectivity index is 1.85. The third-order valence-corrected chi connectivity index (χ3v) is 5.69. The third kappa shape index (κ3) is 3.16. The number of nitriles is 1. The molecule has 0 radical (unpaired) electrons. The van der Waals surface area contributed by atoms with Crippen LogP contribution in [0, 0.1) is 17.1 Å². The lowest BCUT2D eigenvalue weighted by Gasteiger charge is -2.21. The number of nitrogen functional groups attached to an aromatic ring is 1. The molecule has 5 rings (SSSR count). The zero-order valence-electron chi connectivity index (χ0n) is 17.2. The average molecular weight is 450 g/mol. The number of rotatable bonds is 0. The lowest BCUT2D eigenvalue weighted by molar-refractivity contribution is 0.226. The fraction of sp³-hybridized carbons (Fsp3) is 0.182. The second-order valence-corrected chi connectivity index (χ2v) is 7.91. The van der Waals surface area contributed by atoms with E-state index in [2.05, 4.69) is 21.3 Å². The summed E-state index contributed by atoms with van der Waals surface area (Å²) in [4.78, 5) is 4.26. The topological polar surface area (TPSA) is 108 Å². The van der Waals surface area contributed by atoms with Gasteiger partial charge in [0, 0.05) is 36.4 Å². The molecule has 0 aliphatic carbocycles. The molecule has 32 heavy (non-hydrogen) atoms. The van der Waals surface area contributed by atoms with Crippen molar-refractivity contribution in [1.82, 2.24) is 24.5 Å². The molecule has 10 heteroatoms. The first-order valence-electron chi connectivity index (χ1n) is 9.78. The van der Waals surface area contributed by atoms with Gasteiger partial charge in [-0.25, -0.2) is 14.1 Å². The minimum Gasteiger partial charge on any atom is -0.482 e. The number of anilines is 1. The van der Waals surface area contributed by atoms with Gasteiger partial charge in [0.05, 0.1) is 17.1 Å². The Morgan fingerprint density at radius 1 is 1.28 bits per heavy atom. The van der Waals surface area contributed by atoms with Gasteiger partial charge in [-0.3, -0.25) is 4.68 Å². The van der Waals surface area contributed by atoms with Gasteiger partial charge in [0.15, 0.2) is 22.4 Å².